The van der Waals surface area contributed by atoms with Crippen LogP contribution in [0.15, 0.2) is 84.9 Å². The summed E-state index contributed by atoms with van der Waals surface area (Å²) in [6.45, 7) is 0.663. The molecule has 128 valence electrons. The summed E-state index contributed by atoms with van der Waals surface area (Å²) >= 11 is 1.66. The molecule has 0 amide bonds. The lowest BCUT2D eigenvalue weighted by Crippen LogP contribution is -1.98. The van der Waals surface area contributed by atoms with Gasteiger partial charge >= 0.3 is 0 Å². The first kappa shape index (κ1) is 16.4. The smallest absolute Gasteiger partial charge is 0.184 e. The zero-order valence-electron chi connectivity index (χ0n) is 14.1. The van der Waals surface area contributed by atoms with Crippen LogP contribution in [0.3, 0.4) is 0 Å². The van der Waals surface area contributed by atoms with Gasteiger partial charge in [-0.05, 0) is 23.3 Å². The fraction of sp³-hybridized carbons (Fsp3) is 0.0455. The van der Waals surface area contributed by atoms with Crippen molar-refractivity contribution in [2.75, 3.05) is 5.32 Å². The Morgan fingerprint density at radius 2 is 1.38 bits per heavy atom. The Labute approximate surface area is 156 Å². The molecule has 2 N–H and O–H groups in total. The average Bonchev–Trinajstić information content (AvgIpc) is 3.13. The highest BCUT2D eigenvalue weighted by Crippen LogP contribution is 2.39. The number of benzene rings is 3. The Morgan fingerprint density at radius 3 is 2.04 bits per heavy atom. The molecule has 0 radical (unpaired) electrons. The van der Waals surface area contributed by atoms with Crippen LogP contribution in [-0.2, 0) is 6.54 Å². The van der Waals surface area contributed by atoms with E-state index < -0.39 is 0 Å². The number of anilines is 1. The van der Waals surface area contributed by atoms with Gasteiger partial charge in [0.25, 0.3) is 0 Å². The monoisotopic (exact) mass is 358 g/mol. The maximum absolute atomic E-state index is 9.40. The van der Waals surface area contributed by atoms with Crippen LogP contribution >= 0.6 is 11.3 Å². The van der Waals surface area contributed by atoms with E-state index in [1.807, 2.05) is 48.5 Å². The second-order valence-corrected chi connectivity index (χ2v) is 6.95. The number of rotatable bonds is 5. The van der Waals surface area contributed by atoms with Crippen molar-refractivity contribution in [2.24, 2.45) is 0 Å². The molecule has 26 heavy (non-hydrogen) atoms. The molecular formula is C22H18N2OS. The van der Waals surface area contributed by atoms with Gasteiger partial charge in [0.2, 0.25) is 0 Å². The Balaban J connectivity index is 1.66. The molecule has 4 rings (SSSR count). The molecule has 4 aromatic rings. The number of aromatic nitrogens is 1. The Hall–Kier alpha value is -3.11. The predicted octanol–water partition coefficient (Wildman–Crippen LogP) is 5.79. The van der Waals surface area contributed by atoms with Crippen molar-refractivity contribution in [3.63, 3.8) is 0 Å². The quantitative estimate of drug-likeness (QED) is 0.474. The maximum Gasteiger partial charge on any atom is 0.184 e. The van der Waals surface area contributed by atoms with E-state index in [1.165, 1.54) is 5.56 Å². The lowest BCUT2D eigenvalue weighted by molar-refractivity contribution is 0.475. The van der Waals surface area contributed by atoms with Gasteiger partial charge in [-0.1, -0.05) is 84.1 Å². The van der Waals surface area contributed by atoms with Crippen LogP contribution in [0.25, 0.3) is 21.7 Å². The summed E-state index contributed by atoms with van der Waals surface area (Å²) in [6.07, 6.45) is 0. The van der Waals surface area contributed by atoms with Gasteiger partial charge in [-0.2, -0.15) is 0 Å². The van der Waals surface area contributed by atoms with Crippen molar-refractivity contribution in [3.8, 4) is 27.4 Å². The third-order valence-electron chi connectivity index (χ3n) is 4.09. The molecule has 0 bridgehead atoms. The largest absolute Gasteiger partial charge is 0.508 e. The highest BCUT2D eigenvalue weighted by molar-refractivity contribution is 7.19. The highest BCUT2D eigenvalue weighted by Gasteiger charge is 2.14. The molecule has 4 heteroatoms. The van der Waals surface area contributed by atoms with E-state index in [9.17, 15) is 5.11 Å². The van der Waals surface area contributed by atoms with Gasteiger partial charge in [-0.3, -0.25) is 0 Å². The molecule has 0 unspecified atom stereocenters. The average molecular weight is 358 g/mol. The van der Waals surface area contributed by atoms with Crippen LogP contribution in [0.5, 0.6) is 5.75 Å². The molecule has 3 aromatic carbocycles. The number of thiazole rings is 1. The van der Waals surface area contributed by atoms with Crippen molar-refractivity contribution < 1.29 is 5.11 Å². The first-order valence-electron chi connectivity index (χ1n) is 8.43. The summed E-state index contributed by atoms with van der Waals surface area (Å²) in [7, 11) is 0. The minimum absolute atomic E-state index is 0.278. The molecule has 0 aliphatic rings. The number of hydrogen-bond acceptors (Lipinski definition) is 4. The van der Waals surface area contributed by atoms with E-state index in [2.05, 4.69) is 29.6 Å². The summed E-state index contributed by atoms with van der Waals surface area (Å²) < 4.78 is 0. The molecule has 3 nitrogen and oxygen atoms in total. The Morgan fingerprint density at radius 1 is 0.769 bits per heavy atom. The molecule has 0 atom stereocenters. The molecular weight excluding hydrogens is 340 g/mol. The number of phenolic OH excluding ortho intramolecular Hbond substituents is 1. The molecule has 0 spiro atoms. The maximum atomic E-state index is 9.40. The third kappa shape index (κ3) is 3.60. The summed E-state index contributed by atoms with van der Waals surface area (Å²) in [4.78, 5) is 6.00. The molecule has 0 aliphatic heterocycles. The number of hydrogen-bond donors (Lipinski definition) is 2. The van der Waals surface area contributed by atoms with E-state index in [0.29, 0.717) is 6.54 Å². The van der Waals surface area contributed by atoms with Gasteiger partial charge in [0.15, 0.2) is 5.13 Å². The SMILES string of the molecule is Oc1ccc(CNc2nc(-c3ccccc3)c(-c3ccccc3)s2)cc1. The van der Waals surface area contributed by atoms with Crippen LogP contribution < -0.4 is 5.32 Å². The van der Waals surface area contributed by atoms with Crippen molar-refractivity contribution in [2.45, 2.75) is 6.54 Å². The first-order chi connectivity index (χ1) is 12.8. The molecule has 0 fully saturated rings. The second kappa shape index (κ2) is 7.42. The fourth-order valence-corrected chi connectivity index (χ4v) is 3.75. The van der Waals surface area contributed by atoms with Crippen molar-refractivity contribution in [1.82, 2.24) is 4.98 Å². The van der Waals surface area contributed by atoms with E-state index in [1.54, 1.807) is 23.5 Å². The third-order valence-corrected chi connectivity index (χ3v) is 5.15. The first-order valence-corrected chi connectivity index (χ1v) is 9.25. The zero-order chi connectivity index (χ0) is 17.8. The van der Waals surface area contributed by atoms with Crippen molar-refractivity contribution in [1.29, 1.82) is 0 Å². The number of phenols is 1. The number of aromatic hydroxyl groups is 1. The van der Waals surface area contributed by atoms with E-state index >= 15 is 0 Å². The standard InChI is InChI=1S/C22H18N2OS/c25-19-13-11-16(12-14-19)15-23-22-24-20(17-7-3-1-4-8-17)21(26-22)18-9-5-2-6-10-18/h1-14,25H,15H2,(H,23,24). The lowest BCUT2D eigenvalue weighted by Gasteiger charge is -2.02. The van der Waals surface area contributed by atoms with E-state index in [-0.39, 0.29) is 5.75 Å². The van der Waals surface area contributed by atoms with Crippen LogP contribution in [-0.4, -0.2) is 10.1 Å². The Bertz CT molecular complexity index is 923. The predicted molar refractivity (Wildman–Crippen MR) is 108 cm³/mol. The van der Waals surface area contributed by atoms with Crippen LogP contribution in [0.2, 0.25) is 0 Å². The second-order valence-electron chi connectivity index (χ2n) is 5.95. The van der Waals surface area contributed by atoms with Crippen molar-refractivity contribution in [3.05, 3.63) is 90.5 Å². The summed E-state index contributed by atoms with van der Waals surface area (Å²) in [6, 6.07) is 27.8. The summed E-state index contributed by atoms with van der Waals surface area (Å²) in [5.74, 6) is 0.278. The molecule has 0 aliphatic carbocycles. The van der Waals surface area contributed by atoms with Gasteiger partial charge in [0.1, 0.15) is 5.75 Å². The molecule has 1 aromatic heterocycles. The van der Waals surface area contributed by atoms with E-state index in [0.717, 1.165) is 26.8 Å². The van der Waals surface area contributed by atoms with Crippen molar-refractivity contribution >= 4 is 16.5 Å². The van der Waals surface area contributed by atoms with Gasteiger partial charge < -0.3 is 10.4 Å². The number of nitrogens with one attached hydrogen (secondary N) is 1. The number of nitrogens with zero attached hydrogens (tertiary/aromatic N) is 1. The van der Waals surface area contributed by atoms with Crippen LogP contribution in [0.1, 0.15) is 5.56 Å². The lowest BCUT2D eigenvalue weighted by atomic mass is 10.1. The van der Waals surface area contributed by atoms with Gasteiger partial charge in [0.05, 0.1) is 10.6 Å². The zero-order valence-corrected chi connectivity index (χ0v) is 14.9. The normalized spacial score (nSPS) is 10.6. The molecule has 1 heterocycles. The van der Waals surface area contributed by atoms with Gasteiger partial charge in [-0.15, -0.1) is 0 Å². The van der Waals surface area contributed by atoms with Crippen LogP contribution in [0, 0.1) is 0 Å². The highest BCUT2D eigenvalue weighted by atomic mass is 32.1. The fourth-order valence-electron chi connectivity index (χ4n) is 2.76. The topological polar surface area (TPSA) is 45.1 Å². The minimum Gasteiger partial charge on any atom is -0.508 e. The summed E-state index contributed by atoms with van der Waals surface area (Å²) in [5, 5.41) is 13.7. The van der Waals surface area contributed by atoms with Crippen LogP contribution in [0.4, 0.5) is 5.13 Å². The molecule has 0 saturated carbocycles. The molecule has 0 saturated heterocycles. The van der Waals surface area contributed by atoms with E-state index in [4.69, 9.17) is 4.98 Å². The van der Waals surface area contributed by atoms with Gasteiger partial charge in [-0.25, -0.2) is 4.98 Å². The summed E-state index contributed by atoms with van der Waals surface area (Å²) in [5.41, 5.74) is 4.37. The Kier molecular flexibility index (Phi) is 4.67. The minimum atomic E-state index is 0.278. The van der Waals surface area contributed by atoms with Gasteiger partial charge in [0, 0.05) is 12.1 Å².